The maximum Gasteiger partial charge on any atom is 0.317 e. The minimum absolute atomic E-state index is 0.387. The SMILES string of the molecule is C=NN1CCC(F)(F)C(F)(F)C/C1=N/N. The smallest absolute Gasteiger partial charge is 0.317 e. The molecule has 4 nitrogen and oxygen atoms in total. The van der Waals surface area contributed by atoms with Crippen LogP contribution in [-0.4, -0.2) is 36.0 Å². The summed E-state index contributed by atoms with van der Waals surface area (Å²) in [5.41, 5.74) is 0. The van der Waals surface area contributed by atoms with Gasteiger partial charge >= 0.3 is 11.8 Å². The number of hydrazone groups is 2. The minimum Gasteiger partial charge on any atom is -0.322 e. The molecule has 8 heteroatoms. The number of hydrogen-bond donors (Lipinski definition) is 1. The molecule has 0 radical (unpaired) electrons. The lowest BCUT2D eigenvalue weighted by atomic mass is 10.1. The van der Waals surface area contributed by atoms with Crippen molar-refractivity contribution in [2.75, 3.05) is 6.54 Å². The first-order valence-electron chi connectivity index (χ1n) is 4.10. The average Bonchev–Trinajstić information content (AvgIpc) is 2.23. The Morgan fingerprint density at radius 3 is 2.33 bits per heavy atom. The molecule has 86 valence electrons. The van der Waals surface area contributed by atoms with Crippen molar-refractivity contribution < 1.29 is 17.6 Å². The molecule has 0 bridgehead atoms. The lowest BCUT2D eigenvalue weighted by molar-refractivity contribution is -0.204. The van der Waals surface area contributed by atoms with E-state index in [1.807, 2.05) is 0 Å². The molecule has 1 saturated heterocycles. The van der Waals surface area contributed by atoms with E-state index in [0.717, 1.165) is 5.01 Å². The standard InChI is InChI=1S/C7H10F4N4/c1-13-15-3-2-6(8,9)7(10,11)4-5(15)14-12/h1-4,12H2/b14-5-. The van der Waals surface area contributed by atoms with E-state index >= 15 is 0 Å². The zero-order valence-corrected chi connectivity index (χ0v) is 7.76. The predicted octanol–water partition coefficient (Wildman–Crippen LogP) is 1.24. The van der Waals surface area contributed by atoms with Gasteiger partial charge in [0.05, 0.1) is 6.42 Å². The lowest BCUT2D eigenvalue weighted by Crippen LogP contribution is -2.40. The van der Waals surface area contributed by atoms with E-state index in [1.165, 1.54) is 0 Å². The summed E-state index contributed by atoms with van der Waals surface area (Å²) in [5, 5.41) is 7.17. The Bertz CT molecular complexity index is 289. The van der Waals surface area contributed by atoms with Crippen molar-refractivity contribution in [3.8, 4) is 0 Å². The highest BCUT2D eigenvalue weighted by molar-refractivity contribution is 5.83. The molecular formula is C7H10F4N4. The summed E-state index contributed by atoms with van der Waals surface area (Å²) in [6.45, 7) is 2.68. The minimum atomic E-state index is -4.16. The Labute approximate surface area is 83.4 Å². The molecule has 1 fully saturated rings. The van der Waals surface area contributed by atoms with Crippen molar-refractivity contribution in [3.63, 3.8) is 0 Å². The summed E-state index contributed by atoms with van der Waals surface area (Å²) >= 11 is 0. The molecule has 0 amide bonds. The van der Waals surface area contributed by atoms with Crippen LogP contribution in [0.25, 0.3) is 0 Å². The second-order valence-corrected chi connectivity index (χ2v) is 3.15. The number of nitrogens with zero attached hydrogens (tertiary/aromatic N) is 3. The largest absolute Gasteiger partial charge is 0.322 e. The Morgan fingerprint density at radius 2 is 1.87 bits per heavy atom. The molecule has 1 heterocycles. The van der Waals surface area contributed by atoms with Gasteiger partial charge in [0.2, 0.25) is 0 Å². The van der Waals surface area contributed by atoms with Crippen LogP contribution in [0.4, 0.5) is 17.6 Å². The summed E-state index contributed by atoms with van der Waals surface area (Å²) < 4.78 is 51.9. The zero-order chi connectivity index (χ0) is 11.7. The third kappa shape index (κ3) is 2.02. The Hall–Kier alpha value is -1.34. The van der Waals surface area contributed by atoms with E-state index < -0.39 is 30.5 Å². The van der Waals surface area contributed by atoms with Gasteiger partial charge in [0.1, 0.15) is 0 Å². The van der Waals surface area contributed by atoms with Crippen molar-refractivity contribution in [1.82, 2.24) is 5.01 Å². The average molecular weight is 226 g/mol. The number of amidine groups is 1. The van der Waals surface area contributed by atoms with E-state index in [2.05, 4.69) is 16.9 Å². The second kappa shape index (κ2) is 3.67. The first kappa shape index (κ1) is 11.7. The quantitative estimate of drug-likeness (QED) is 0.316. The fourth-order valence-corrected chi connectivity index (χ4v) is 1.24. The Morgan fingerprint density at radius 1 is 1.27 bits per heavy atom. The van der Waals surface area contributed by atoms with Crippen molar-refractivity contribution in [1.29, 1.82) is 0 Å². The van der Waals surface area contributed by atoms with Gasteiger partial charge in [-0.25, -0.2) is 0 Å². The molecule has 0 spiro atoms. The van der Waals surface area contributed by atoms with E-state index in [-0.39, 0.29) is 6.54 Å². The summed E-state index contributed by atoms with van der Waals surface area (Å²) in [4.78, 5) is 0. The van der Waals surface area contributed by atoms with E-state index in [4.69, 9.17) is 5.84 Å². The summed E-state index contributed by atoms with van der Waals surface area (Å²) in [5.74, 6) is -3.81. The van der Waals surface area contributed by atoms with Gasteiger partial charge < -0.3 is 5.84 Å². The zero-order valence-electron chi connectivity index (χ0n) is 7.76. The molecule has 0 saturated carbocycles. The third-order valence-electron chi connectivity index (χ3n) is 2.17. The molecule has 0 unspecified atom stereocenters. The van der Waals surface area contributed by atoms with Crippen LogP contribution in [0.2, 0.25) is 0 Å². The molecule has 0 aromatic heterocycles. The van der Waals surface area contributed by atoms with Gasteiger partial charge in [-0.15, -0.1) is 0 Å². The van der Waals surface area contributed by atoms with E-state index in [0.29, 0.717) is 0 Å². The molecule has 0 aromatic rings. The first-order valence-corrected chi connectivity index (χ1v) is 4.10. The van der Waals surface area contributed by atoms with Crippen molar-refractivity contribution in [2.24, 2.45) is 16.0 Å². The van der Waals surface area contributed by atoms with Crippen LogP contribution < -0.4 is 5.84 Å². The fourth-order valence-electron chi connectivity index (χ4n) is 1.24. The predicted molar refractivity (Wildman–Crippen MR) is 47.0 cm³/mol. The number of halogens is 4. The van der Waals surface area contributed by atoms with Crippen molar-refractivity contribution in [2.45, 2.75) is 24.7 Å². The second-order valence-electron chi connectivity index (χ2n) is 3.15. The monoisotopic (exact) mass is 226 g/mol. The van der Waals surface area contributed by atoms with Crippen LogP contribution in [0.5, 0.6) is 0 Å². The van der Waals surface area contributed by atoms with E-state index in [9.17, 15) is 17.6 Å². The number of nitrogens with two attached hydrogens (primary N) is 1. The van der Waals surface area contributed by atoms with Crippen LogP contribution in [-0.2, 0) is 0 Å². The maximum absolute atomic E-state index is 13.0. The van der Waals surface area contributed by atoms with Crippen molar-refractivity contribution in [3.05, 3.63) is 0 Å². The van der Waals surface area contributed by atoms with Gasteiger partial charge in [-0.05, 0) is 0 Å². The van der Waals surface area contributed by atoms with Gasteiger partial charge in [-0.3, -0.25) is 5.01 Å². The molecule has 0 atom stereocenters. The van der Waals surface area contributed by atoms with Gasteiger partial charge in [0, 0.05) is 19.7 Å². The van der Waals surface area contributed by atoms with E-state index in [1.54, 1.807) is 0 Å². The van der Waals surface area contributed by atoms with Crippen LogP contribution in [0.1, 0.15) is 12.8 Å². The number of alkyl halides is 4. The highest BCUT2D eigenvalue weighted by Gasteiger charge is 2.58. The van der Waals surface area contributed by atoms with Crippen molar-refractivity contribution >= 4 is 12.6 Å². The molecule has 0 aliphatic carbocycles. The first-order chi connectivity index (χ1) is 6.84. The Balaban J connectivity index is 3.03. The lowest BCUT2D eigenvalue weighted by Gasteiger charge is -2.22. The number of hydrogen-bond acceptors (Lipinski definition) is 3. The molecule has 1 rings (SSSR count). The molecular weight excluding hydrogens is 216 g/mol. The summed E-state index contributed by atoms with van der Waals surface area (Å²) in [7, 11) is 0. The summed E-state index contributed by atoms with van der Waals surface area (Å²) in [6, 6.07) is 0. The van der Waals surface area contributed by atoms with Crippen LogP contribution in [0, 0.1) is 0 Å². The summed E-state index contributed by atoms with van der Waals surface area (Å²) in [6.07, 6.45) is -2.26. The van der Waals surface area contributed by atoms with Crippen LogP contribution in [0.3, 0.4) is 0 Å². The molecule has 1 aliphatic rings. The van der Waals surface area contributed by atoms with Gasteiger partial charge in [0.15, 0.2) is 5.84 Å². The molecule has 2 N–H and O–H groups in total. The van der Waals surface area contributed by atoms with Crippen LogP contribution in [0.15, 0.2) is 10.2 Å². The van der Waals surface area contributed by atoms with Gasteiger partial charge in [-0.1, -0.05) is 0 Å². The Kier molecular flexibility index (Phi) is 2.87. The molecule has 0 aromatic carbocycles. The third-order valence-corrected chi connectivity index (χ3v) is 2.17. The fraction of sp³-hybridized carbons (Fsp3) is 0.714. The van der Waals surface area contributed by atoms with Gasteiger partial charge in [0.25, 0.3) is 0 Å². The molecule has 1 aliphatic heterocycles. The topological polar surface area (TPSA) is 54.0 Å². The van der Waals surface area contributed by atoms with Crippen LogP contribution >= 0.6 is 0 Å². The normalized spacial score (nSPS) is 27.5. The molecule has 15 heavy (non-hydrogen) atoms. The maximum atomic E-state index is 13.0. The highest BCUT2D eigenvalue weighted by atomic mass is 19.3. The highest BCUT2D eigenvalue weighted by Crippen LogP contribution is 2.42. The number of rotatable bonds is 1. The van der Waals surface area contributed by atoms with Gasteiger partial charge in [-0.2, -0.15) is 27.8 Å².